The summed E-state index contributed by atoms with van der Waals surface area (Å²) in [6.07, 6.45) is 5.60. The number of carbonyl (C=O) groups is 1. The van der Waals surface area contributed by atoms with Gasteiger partial charge in [0.2, 0.25) is 0 Å². The Hall–Kier alpha value is -1.43. The lowest BCUT2D eigenvalue weighted by Crippen LogP contribution is -2.34. The molecule has 2 aliphatic rings. The minimum atomic E-state index is -1.14. The van der Waals surface area contributed by atoms with Gasteiger partial charge in [-0.1, -0.05) is 32.6 Å². The Morgan fingerprint density at radius 3 is 2.60 bits per heavy atom. The van der Waals surface area contributed by atoms with Gasteiger partial charge in [0, 0.05) is 12.0 Å². The maximum Gasteiger partial charge on any atom is 0.334 e. The Balaban J connectivity index is 2.30. The van der Waals surface area contributed by atoms with Crippen LogP contribution in [0.4, 0.5) is 0 Å². The molecule has 0 unspecified atom stereocenters. The molecule has 0 aromatic rings. The molecule has 0 spiro atoms. The molecule has 0 aromatic heterocycles. The number of aliphatic hydroxyl groups is 3. The van der Waals surface area contributed by atoms with Crippen LogP contribution in [0.2, 0.25) is 0 Å². The van der Waals surface area contributed by atoms with E-state index in [9.17, 15) is 20.1 Å². The standard InChI is InChI=1S/C20H30O5/c1-13(2)20(24)8-5-15-12-16(25-18(15)22)11-14(3)17(21)6-7-19(4,23)9-10-20/h9-10,12-13,16-17,21,23-24H,3,5-8,11H2,1-2,4H3/t16-,17-,19-,20+/m0/s1. The SMILES string of the molecule is C=C1C[C@H]2C=C(CC[C@](O)(C(C)C)C=C[C@@](C)(O)CC[C@@H]1O)C(=O)O2. The van der Waals surface area contributed by atoms with Gasteiger partial charge < -0.3 is 20.1 Å². The maximum atomic E-state index is 12.0. The zero-order chi connectivity index (χ0) is 18.8. The van der Waals surface area contributed by atoms with Gasteiger partial charge in [0.15, 0.2) is 0 Å². The normalized spacial score (nSPS) is 37.6. The van der Waals surface area contributed by atoms with Crippen molar-refractivity contribution < 1.29 is 24.9 Å². The second kappa shape index (κ2) is 7.44. The average Bonchev–Trinajstić information content (AvgIpc) is 2.87. The molecule has 2 rings (SSSR count). The van der Waals surface area contributed by atoms with Crippen molar-refractivity contribution in [2.45, 2.75) is 76.3 Å². The van der Waals surface area contributed by atoms with Crippen LogP contribution in [0.15, 0.2) is 36.0 Å². The van der Waals surface area contributed by atoms with E-state index in [1.165, 1.54) is 0 Å². The number of rotatable bonds is 1. The summed E-state index contributed by atoms with van der Waals surface area (Å²) in [4.78, 5) is 12.0. The molecule has 0 saturated heterocycles. The van der Waals surface area contributed by atoms with E-state index in [0.29, 0.717) is 43.3 Å². The van der Waals surface area contributed by atoms with Gasteiger partial charge in [0.05, 0.1) is 17.3 Å². The number of esters is 1. The van der Waals surface area contributed by atoms with Gasteiger partial charge in [-0.15, -0.1) is 0 Å². The molecular formula is C20H30O5. The number of carbonyl (C=O) groups excluding carboxylic acids is 1. The molecule has 1 heterocycles. The fourth-order valence-corrected chi connectivity index (χ4v) is 3.16. The quantitative estimate of drug-likeness (QED) is 0.499. The number of aliphatic hydroxyl groups excluding tert-OH is 1. The molecule has 0 saturated carbocycles. The second-order valence-corrected chi connectivity index (χ2v) is 7.89. The Morgan fingerprint density at radius 1 is 1.28 bits per heavy atom. The molecule has 3 N–H and O–H groups in total. The summed E-state index contributed by atoms with van der Waals surface area (Å²) >= 11 is 0. The third-order valence-electron chi connectivity index (χ3n) is 5.29. The van der Waals surface area contributed by atoms with Crippen molar-refractivity contribution in [2.75, 3.05) is 0 Å². The summed E-state index contributed by atoms with van der Waals surface area (Å²) in [7, 11) is 0. The first kappa shape index (κ1) is 19.9. The summed E-state index contributed by atoms with van der Waals surface area (Å²) in [6, 6.07) is 0. The minimum absolute atomic E-state index is 0.0772. The van der Waals surface area contributed by atoms with Crippen LogP contribution in [-0.4, -0.2) is 44.7 Å². The summed E-state index contributed by atoms with van der Waals surface area (Å²) in [5, 5.41) is 31.7. The minimum Gasteiger partial charge on any atom is -0.454 e. The van der Waals surface area contributed by atoms with E-state index in [0.717, 1.165) is 0 Å². The van der Waals surface area contributed by atoms with Gasteiger partial charge in [-0.3, -0.25) is 0 Å². The third-order valence-corrected chi connectivity index (χ3v) is 5.29. The molecule has 0 fully saturated rings. The van der Waals surface area contributed by atoms with E-state index in [2.05, 4.69) is 6.58 Å². The summed E-state index contributed by atoms with van der Waals surface area (Å²) < 4.78 is 5.34. The molecule has 4 atom stereocenters. The van der Waals surface area contributed by atoms with E-state index in [1.807, 2.05) is 13.8 Å². The number of hydrogen-bond acceptors (Lipinski definition) is 5. The molecule has 0 amide bonds. The lowest BCUT2D eigenvalue weighted by Gasteiger charge is -2.31. The zero-order valence-corrected chi connectivity index (χ0v) is 15.4. The highest BCUT2D eigenvalue weighted by atomic mass is 16.5. The van der Waals surface area contributed by atoms with E-state index in [-0.39, 0.29) is 11.9 Å². The molecule has 25 heavy (non-hydrogen) atoms. The Labute approximate surface area is 149 Å². The topological polar surface area (TPSA) is 87.0 Å². The summed E-state index contributed by atoms with van der Waals surface area (Å²) in [6.45, 7) is 9.35. The predicted octanol–water partition coefficient (Wildman–Crippen LogP) is 2.41. The smallest absolute Gasteiger partial charge is 0.334 e. The lowest BCUT2D eigenvalue weighted by molar-refractivity contribution is -0.139. The van der Waals surface area contributed by atoms with Crippen LogP contribution in [0.5, 0.6) is 0 Å². The Kier molecular flexibility index (Phi) is 5.92. The average molecular weight is 350 g/mol. The monoisotopic (exact) mass is 350 g/mol. The van der Waals surface area contributed by atoms with Gasteiger partial charge in [0.25, 0.3) is 0 Å². The number of ether oxygens (including phenoxy) is 1. The highest BCUT2D eigenvalue weighted by molar-refractivity contribution is 5.90. The fraction of sp³-hybridized carbons (Fsp3) is 0.650. The van der Waals surface area contributed by atoms with Crippen LogP contribution < -0.4 is 0 Å². The van der Waals surface area contributed by atoms with Crippen LogP contribution in [-0.2, 0) is 9.53 Å². The van der Waals surface area contributed by atoms with Crippen molar-refractivity contribution in [1.82, 2.24) is 0 Å². The number of fused-ring (bicyclic) bond motifs is 1. The van der Waals surface area contributed by atoms with Crippen molar-refractivity contribution in [3.8, 4) is 0 Å². The molecule has 1 aliphatic heterocycles. The molecule has 1 aliphatic carbocycles. The van der Waals surface area contributed by atoms with Crippen LogP contribution in [0.1, 0.15) is 52.9 Å². The summed E-state index contributed by atoms with van der Waals surface area (Å²) in [5.41, 5.74) is -1.14. The molecule has 0 radical (unpaired) electrons. The molecule has 0 aromatic carbocycles. The molecular weight excluding hydrogens is 320 g/mol. The molecule has 140 valence electrons. The van der Waals surface area contributed by atoms with Crippen molar-refractivity contribution in [3.05, 3.63) is 36.0 Å². The zero-order valence-electron chi connectivity index (χ0n) is 15.4. The van der Waals surface area contributed by atoms with Crippen molar-refractivity contribution in [3.63, 3.8) is 0 Å². The molecule has 2 bridgehead atoms. The largest absolute Gasteiger partial charge is 0.454 e. The first-order valence-electron chi connectivity index (χ1n) is 8.95. The first-order valence-corrected chi connectivity index (χ1v) is 8.95. The lowest BCUT2D eigenvalue weighted by atomic mass is 9.82. The summed E-state index contributed by atoms with van der Waals surface area (Å²) in [5.74, 6) is -0.448. The van der Waals surface area contributed by atoms with Gasteiger partial charge in [0.1, 0.15) is 6.10 Å². The van der Waals surface area contributed by atoms with Gasteiger partial charge in [-0.05, 0) is 50.2 Å². The van der Waals surface area contributed by atoms with Gasteiger partial charge in [-0.2, -0.15) is 0 Å². The van der Waals surface area contributed by atoms with Crippen molar-refractivity contribution in [1.29, 1.82) is 0 Å². The molecule has 5 heteroatoms. The predicted molar refractivity (Wildman–Crippen MR) is 95.7 cm³/mol. The highest BCUT2D eigenvalue weighted by Crippen LogP contribution is 2.32. The maximum absolute atomic E-state index is 12.0. The van der Waals surface area contributed by atoms with Crippen LogP contribution in [0.3, 0.4) is 0 Å². The number of hydrogen-bond donors (Lipinski definition) is 3. The van der Waals surface area contributed by atoms with E-state index in [1.54, 1.807) is 25.2 Å². The Morgan fingerprint density at radius 2 is 1.96 bits per heavy atom. The second-order valence-electron chi connectivity index (χ2n) is 7.89. The first-order chi connectivity index (χ1) is 11.5. The molecule has 5 nitrogen and oxygen atoms in total. The van der Waals surface area contributed by atoms with E-state index >= 15 is 0 Å². The van der Waals surface area contributed by atoms with Gasteiger partial charge >= 0.3 is 5.97 Å². The van der Waals surface area contributed by atoms with Crippen LogP contribution in [0.25, 0.3) is 0 Å². The van der Waals surface area contributed by atoms with E-state index < -0.39 is 23.4 Å². The Bertz CT molecular complexity index is 587. The van der Waals surface area contributed by atoms with Gasteiger partial charge in [-0.25, -0.2) is 4.79 Å². The van der Waals surface area contributed by atoms with Crippen molar-refractivity contribution >= 4 is 5.97 Å². The van der Waals surface area contributed by atoms with Crippen molar-refractivity contribution in [2.24, 2.45) is 5.92 Å². The fourth-order valence-electron chi connectivity index (χ4n) is 3.16. The van der Waals surface area contributed by atoms with Crippen LogP contribution >= 0.6 is 0 Å². The van der Waals surface area contributed by atoms with Crippen LogP contribution in [0, 0.1) is 5.92 Å². The van der Waals surface area contributed by atoms with E-state index in [4.69, 9.17) is 4.74 Å². The third kappa shape index (κ3) is 5.03. The highest BCUT2D eigenvalue weighted by Gasteiger charge is 2.33.